The van der Waals surface area contributed by atoms with E-state index in [2.05, 4.69) is 15.6 Å². The first-order chi connectivity index (χ1) is 10.7. The van der Waals surface area contributed by atoms with Gasteiger partial charge in [-0.15, -0.1) is 5.10 Å². The smallest absolute Gasteiger partial charge is 0.275 e. The molecule has 1 aromatic heterocycles. The van der Waals surface area contributed by atoms with Gasteiger partial charge in [0, 0.05) is 13.2 Å². The van der Waals surface area contributed by atoms with Crippen LogP contribution in [0.25, 0.3) is 5.69 Å². The Morgan fingerprint density at radius 2 is 2.32 bits per heavy atom. The van der Waals surface area contributed by atoms with Crippen LogP contribution in [0.4, 0.5) is 10.2 Å². The molecule has 1 amide bonds. The second kappa shape index (κ2) is 6.10. The summed E-state index contributed by atoms with van der Waals surface area (Å²) in [5, 5.41) is 10.2. The highest BCUT2D eigenvalue weighted by Crippen LogP contribution is 2.18. The first kappa shape index (κ1) is 14.5. The zero-order valence-electron chi connectivity index (χ0n) is 11.8. The highest BCUT2D eigenvalue weighted by molar-refractivity contribution is 5.96. The van der Waals surface area contributed by atoms with E-state index < -0.39 is 11.7 Å². The number of amides is 1. The summed E-state index contributed by atoms with van der Waals surface area (Å²) in [7, 11) is 0. The Hall–Kier alpha value is -2.48. The minimum atomic E-state index is -0.495. The molecule has 3 rings (SSSR count). The lowest BCUT2D eigenvalue weighted by Crippen LogP contribution is -2.32. The number of nitrogens with two attached hydrogens (primary N) is 1. The Labute approximate surface area is 126 Å². The number of nitrogen functional groups attached to an aromatic ring is 1. The van der Waals surface area contributed by atoms with Gasteiger partial charge in [0.15, 0.2) is 11.5 Å². The predicted octanol–water partition coefficient (Wildman–Crippen LogP) is 0.897. The van der Waals surface area contributed by atoms with E-state index in [1.807, 2.05) is 0 Å². The molecular weight excluding hydrogens is 289 g/mol. The molecular formula is C14H16FN5O2. The summed E-state index contributed by atoms with van der Waals surface area (Å²) in [4.78, 5) is 12.1. The fourth-order valence-electron chi connectivity index (χ4n) is 2.35. The van der Waals surface area contributed by atoms with Gasteiger partial charge in [0.05, 0.1) is 6.10 Å². The molecule has 2 aromatic rings. The first-order valence-corrected chi connectivity index (χ1v) is 7.02. The molecule has 0 spiro atoms. The summed E-state index contributed by atoms with van der Waals surface area (Å²) < 4.78 is 20.3. The van der Waals surface area contributed by atoms with Crippen molar-refractivity contribution in [2.45, 2.75) is 18.9 Å². The fourth-order valence-corrected chi connectivity index (χ4v) is 2.35. The number of benzene rings is 1. The van der Waals surface area contributed by atoms with Crippen molar-refractivity contribution in [2.75, 3.05) is 18.9 Å². The van der Waals surface area contributed by atoms with Crippen molar-refractivity contribution in [1.29, 1.82) is 0 Å². The molecule has 1 fully saturated rings. The lowest BCUT2D eigenvalue weighted by molar-refractivity contribution is 0.0854. The number of nitrogens with zero attached hydrogens (tertiary/aromatic N) is 3. The molecule has 0 bridgehead atoms. The number of para-hydroxylation sites is 1. The molecule has 7 nitrogen and oxygen atoms in total. The first-order valence-electron chi connectivity index (χ1n) is 7.02. The van der Waals surface area contributed by atoms with Crippen LogP contribution in [0.3, 0.4) is 0 Å². The lowest BCUT2D eigenvalue weighted by atomic mass is 10.2. The Kier molecular flexibility index (Phi) is 4.01. The van der Waals surface area contributed by atoms with Crippen molar-refractivity contribution in [1.82, 2.24) is 20.3 Å². The Bertz CT molecular complexity index is 682. The average Bonchev–Trinajstić information content (AvgIpc) is 3.15. The third-order valence-electron chi connectivity index (χ3n) is 3.51. The van der Waals surface area contributed by atoms with Crippen LogP contribution in [0, 0.1) is 5.82 Å². The SMILES string of the molecule is Nc1c(C(=O)NC[C@@H]2CCCO2)nnn1-c1ccccc1F. The van der Waals surface area contributed by atoms with E-state index in [9.17, 15) is 9.18 Å². The van der Waals surface area contributed by atoms with Crippen LogP contribution in [0.15, 0.2) is 24.3 Å². The molecule has 22 heavy (non-hydrogen) atoms. The fraction of sp³-hybridized carbons (Fsp3) is 0.357. The number of anilines is 1. The van der Waals surface area contributed by atoms with E-state index in [-0.39, 0.29) is 23.3 Å². The summed E-state index contributed by atoms with van der Waals surface area (Å²) in [5.74, 6) is -0.948. The maximum Gasteiger partial charge on any atom is 0.275 e. The summed E-state index contributed by atoms with van der Waals surface area (Å²) in [6, 6.07) is 6.00. The number of carbonyl (C=O) groups is 1. The van der Waals surface area contributed by atoms with E-state index >= 15 is 0 Å². The monoisotopic (exact) mass is 305 g/mol. The number of rotatable bonds is 4. The van der Waals surface area contributed by atoms with Crippen LogP contribution in [-0.4, -0.2) is 40.2 Å². The largest absolute Gasteiger partial charge is 0.382 e. The summed E-state index contributed by atoms with van der Waals surface area (Å²) in [6.45, 7) is 1.11. The van der Waals surface area contributed by atoms with Gasteiger partial charge >= 0.3 is 0 Å². The molecule has 116 valence electrons. The Morgan fingerprint density at radius 1 is 1.50 bits per heavy atom. The maximum atomic E-state index is 13.8. The number of hydrogen-bond donors (Lipinski definition) is 2. The van der Waals surface area contributed by atoms with Crippen LogP contribution < -0.4 is 11.1 Å². The van der Waals surface area contributed by atoms with Gasteiger partial charge in [0.25, 0.3) is 5.91 Å². The molecule has 8 heteroatoms. The maximum absolute atomic E-state index is 13.8. The van der Waals surface area contributed by atoms with Crippen LogP contribution in [0.5, 0.6) is 0 Å². The van der Waals surface area contributed by atoms with Gasteiger partial charge in [-0.05, 0) is 25.0 Å². The Morgan fingerprint density at radius 3 is 3.05 bits per heavy atom. The summed E-state index contributed by atoms with van der Waals surface area (Å²) >= 11 is 0. The van der Waals surface area contributed by atoms with E-state index in [0.717, 1.165) is 17.5 Å². The van der Waals surface area contributed by atoms with Gasteiger partial charge in [-0.25, -0.2) is 4.39 Å². The molecule has 3 N–H and O–H groups in total. The molecule has 0 saturated carbocycles. The summed E-state index contributed by atoms with van der Waals surface area (Å²) in [5.41, 5.74) is 5.99. The minimum Gasteiger partial charge on any atom is -0.382 e. The zero-order valence-corrected chi connectivity index (χ0v) is 11.8. The molecule has 0 radical (unpaired) electrons. The highest BCUT2D eigenvalue weighted by Gasteiger charge is 2.22. The number of carbonyl (C=O) groups excluding carboxylic acids is 1. The number of aromatic nitrogens is 3. The second-order valence-corrected chi connectivity index (χ2v) is 5.03. The van der Waals surface area contributed by atoms with Gasteiger partial charge in [-0.3, -0.25) is 4.79 Å². The quantitative estimate of drug-likeness (QED) is 0.875. The van der Waals surface area contributed by atoms with Crippen molar-refractivity contribution in [3.8, 4) is 5.69 Å². The molecule has 1 aliphatic heterocycles. The van der Waals surface area contributed by atoms with Crippen molar-refractivity contribution >= 4 is 11.7 Å². The second-order valence-electron chi connectivity index (χ2n) is 5.03. The van der Waals surface area contributed by atoms with Crippen LogP contribution in [-0.2, 0) is 4.74 Å². The number of ether oxygens (including phenoxy) is 1. The number of nitrogens with one attached hydrogen (secondary N) is 1. The standard InChI is InChI=1S/C14H16FN5O2/c15-10-5-1-2-6-11(10)20-13(16)12(18-19-20)14(21)17-8-9-4-3-7-22-9/h1-2,5-6,9H,3-4,7-8,16H2,(H,17,21)/t9-/m0/s1. The number of halogens is 1. The van der Waals surface area contributed by atoms with Gasteiger partial charge in [-0.2, -0.15) is 4.68 Å². The summed E-state index contributed by atoms with van der Waals surface area (Å²) in [6.07, 6.45) is 1.93. The highest BCUT2D eigenvalue weighted by atomic mass is 19.1. The average molecular weight is 305 g/mol. The number of hydrogen-bond acceptors (Lipinski definition) is 5. The lowest BCUT2D eigenvalue weighted by Gasteiger charge is -2.10. The molecule has 0 unspecified atom stereocenters. The van der Waals surface area contributed by atoms with Crippen molar-refractivity contribution in [3.05, 3.63) is 35.8 Å². The third kappa shape index (κ3) is 2.77. The minimum absolute atomic E-state index is 0.00468. The van der Waals surface area contributed by atoms with Gasteiger partial charge < -0.3 is 15.8 Å². The van der Waals surface area contributed by atoms with Crippen molar-refractivity contribution in [2.24, 2.45) is 0 Å². The topological polar surface area (TPSA) is 95.1 Å². The predicted molar refractivity (Wildman–Crippen MR) is 77.0 cm³/mol. The molecule has 1 aromatic carbocycles. The Balaban J connectivity index is 1.75. The van der Waals surface area contributed by atoms with E-state index in [1.54, 1.807) is 12.1 Å². The van der Waals surface area contributed by atoms with Crippen molar-refractivity contribution in [3.63, 3.8) is 0 Å². The van der Waals surface area contributed by atoms with E-state index in [4.69, 9.17) is 10.5 Å². The molecule has 1 aliphatic rings. The van der Waals surface area contributed by atoms with Crippen LogP contribution >= 0.6 is 0 Å². The van der Waals surface area contributed by atoms with Crippen LogP contribution in [0.1, 0.15) is 23.3 Å². The zero-order chi connectivity index (χ0) is 15.5. The van der Waals surface area contributed by atoms with E-state index in [0.29, 0.717) is 13.2 Å². The van der Waals surface area contributed by atoms with Gasteiger partial charge in [0.2, 0.25) is 0 Å². The van der Waals surface area contributed by atoms with Crippen molar-refractivity contribution < 1.29 is 13.9 Å². The van der Waals surface area contributed by atoms with E-state index in [1.165, 1.54) is 12.1 Å². The van der Waals surface area contributed by atoms with Gasteiger partial charge in [0.1, 0.15) is 11.5 Å². The van der Waals surface area contributed by atoms with Gasteiger partial charge in [-0.1, -0.05) is 17.3 Å². The molecule has 2 heterocycles. The molecule has 1 saturated heterocycles. The third-order valence-corrected chi connectivity index (χ3v) is 3.51. The normalized spacial score (nSPS) is 17.6. The molecule has 0 aliphatic carbocycles. The van der Waals surface area contributed by atoms with Crippen LogP contribution in [0.2, 0.25) is 0 Å². The molecule has 1 atom stereocenters.